The third kappa shape index (κ3) is 3.70. The highest BCUT2D eigenvalue weighted by Gasteiger charge is 2.20. The molecule has 0 radical (unpaired) electrons. The van der Waals surface area contributed by atoms with E-state index in [1.54, 1.807) is 0 Å². The number of carbonyl (C=O) groups is 1. The Morgan fingerprint density at radius 1 is 1.37 bits per heavy atom. The summed E-state index contributed by atoms with van der Waals surface area (Å²) in [7, 11) is 0. The first-order chi connectivity index (χ1) is 8.85. The summed E-state index contributed by atoms with van der Waals surface area (Å²) in [5, 5.41) is 6.05. The van der Waals surface area contributed by atoms with E-state index in [0.717, 1.165) is 24.3 Å². The first-order valence-corrected chi connectivity index (χ1v) is 6.66. The van der Waals surface area contributed by atoms with Crippen LogP contribution >= 0.6 is 0 Å². The van der Waals surface area contributed by atoms with Crippen molar-refractivity contribution in [3.63, 3.8) is 0 Å². The second kappa shape index (κ2) is 5.21. The number of benzene rings is 1. The number of hydrogen-bond donors (Lipinski definition) is 2. The van der Waals surface area contributed by atoms with Crippen LogP contribution in [-0.2, 0) is 4.74 Å². The molecule has 1 fully saturated rings. The van der Waals surface area contributed by atoms with Gasteiger partial charge in [0.2, 0.25) is 0 Å². The van der Waals surface area contributed by atoms with E-state index in [9.17, 15) is 4.79 Å². The number of nitrogens with one attached hydrogen (secondary N) is 2. The summed E-state index contributed by atoms with van der Waals surface area (Å²) < 4.78 is 5.25. The minimum atomic E-state index is -0.477. The number of aryl methyl sites for hydroxylation is 1. The average Bonchev–Trinajstić information content (AvgIpc) is 2.16. The van der Waals surface area contributed by atoms with Crippen molar-refractivity contribution in [3.05, 3.63) is 29.3 Å². The van der Waals surface area contributed by atoms with E-state index in [-0.39, 0.29) is 0 Å². The Bertz CT molecular complexity index is 474. The molecule has 1 amide bonds. The van der Waals surface area contributed by atoms with Gasteiger partial charge in [0.25, 0.3) is 0 Å². The number of carbonyl (C=O) groups excluding carboxylic acids is 1. The van der Waals surface area contributed by atoms with Gasteiger partial charge < -0.3 is 10.1 Å². The van der Waals surface area contributed by atoms with Crippen molar-refractivity contribution in [3.8, 4) is 0 Å². The predicted molar refractivity (Wildman–Crippen MR) is 76.6 cm³/mol. The lowest BCUT2D eigenvalue weighted by atomic mass is 9.92. The number of amides is 1. The van der Waals surface area contributed by atoms with Gasteiger partial charge in [-0.1, -0.05) is 12.1 Å². The van der Waals surface area contributed by atoms with E-state index in [2.05, 4.69) is 22.8 Å². The molecule has 1 aromatic rings. The molecular formula is C15H22N2O2. The monoisotopic (exact) mass is 262 g/mol. The first-order valence-electron chi connectivity index (χ1n) is 6.66. The molecule has 0 unspecified atom stereocenters. The van der Waals surface area contributed by atoms with Gasteiger partial charge in [-0.05, 0) is 44.9 Å². The molecule has 1 heterocycles. The van der Waals surface area contributed by atoms with Crippen LogP contribution in [0.2, 0.25) is 0 Å². The van der Waals surface area contributed by atoms with Gasteiger partial charge in [-0.15, -0.1) is 0 Å². The maximum atomic E-state index is 11.7. The second-order valence-electron chi connectivity index (χ2n) is 6.06. The number of anilines is 1. The molecule has 0 saturated carbocycles. The van der Waals surface area contributed by atoms with Gasteiger partial charge in [-0.3, -0.25) is 5.32 Å². The SMILES string of the molecule is Cc1cc(C2CNC2)ccc1NC(=O)OC(C)(C)C. The molecule has 104 valence electrons. The fourth-order valence-corrected chi connectivity index (χ4v) is 2.02. The number of ether oxygens (including phenoxy) is 1. The third-order valence-electron chi connectivity index (χ3n) is 3.14. The second-order valence-corrected chi connectivity index (χ2v) is 6.06. The fraction of sp³-hybridized carbons (Fsp3) is 0.533. The molecule has 1 aromatic carbocycles. The molecule has 0 bridgehead atoms. The average molecular weight is 262 g/mol. The first kappa shape index (κ1) is 13.9. The summed E-state index contributed by atoms with van der Waals surface area (Å²) in [6.07, 6.45) is -0.409. The van der Waals surface area contributed by atoms with Crippen LogP contribution in [0.1, 0.15) is 37.8 Å². The molecule has 0 aromatic heterocycles. The molecule has 1 aliphatic rings. The van der Waals surface area contributed by atoms with Crippen molar-refractivity contribution >= 4 is 11.8 Å². The molecule has 0 spiro atoms. The fourth-order valence-electron chi connectivity index (χ4n) is 2.02. The van der Waals surface area contributed by atoms with Crippen molar-refractivity contribution in [1.29, 1.82) is 0 Å². The quantitative estimate of drug-likeness (QED) is 0.861. The van der Waals surface area contributed by atoms with E-state index >= 15 is 0 Å². The van der Waals surface area contributed by atoms with E-state index in [0.29, 0.717) is 5.92 Å². The van der Waals surface area contributed by atoms with Crippen LogP contribution in [0, 0.1) is 6.92 Å². The van der Waals surface area contributed by atoms with Crippen LogP contribution < -0.4 is 10.6 Å². The van der Waals surface area contributed by atoms with Crippen molar-refractivity contribution in [2.24, 2.45) is 0 Å². The molecule has 0 aliphatic carbocycles. The Morgan fingerprint density at radius 3 is 2.53 bits per heavy atom. The Kier molecular flexibility index (Phi) is 3.80. The zero-order valence-electron chi connectivity index (χ0n) is 12.0. The summed E-state index contributed by atoms with van der Waals surface area (Å²) in [6.45, 7) is 9.64. The van der Waals surface area contributed by atoms with Crippen molar-refractivity contribution in [2.75, 3.05) is 18.4 Å². The van der Waals surface area contributed by atoms with Crippen LogP contribution in [0.3, 0.4) is 0 Å². The van der Waals surface area contributed by atoms with Crippen molar-refractivity contribution < 1.29 is 9.53 Å². The smallest absolute Gasteiger partial charge is 0.412 e. The maximum absolute atomic E-state index is 11.7. The topological polar surface area (TPSA) is 50.4 Å². The van der Waals surface area contributed by atoms with Gasteiger partial charge in [-0.2, -0.15) is 0 Å². The summed E-state index contributed by atoms with van der Waals surface area (Å²) in [4.78, 5) is 11.7. The van der Waals surface area contributed by atoms with Crippen LogP contribution in [0.5, 0.6) is 0 Å². The minimum Gasteiger partial charge on any atom is -0.444 e. The van der Waals surface area contributed by atoms with E-state index in [1.807, 2.05) is 33.8 Å². The number of rotatable bonds is 2. The van der Waals surface area contributed by atoms with Crippen LogP contribution in [0.25, 0.3) is 0 Å². The molecule has 4 nitrogen and oxygen atoms in total. The normalized spacial score (nSPS) is 15.8. The Labute approximate surface area is 114 Å². The summed E-state index contributed by atoms with van der Waals surface area (Å²) in [6, 6.07) is 6.16. The van der Waals surface area contributed by atoms with Gasteiger partial charge in [0.05, 0.1) is 0 Å². The molecule has 4 heteroatoms. The number of hydrogen-bond acceptors (Lipinski definition) is 3. The Morgan fingerprint density at radius 2 is 2.05 bits per heavy atom. The Balaban J connectivity index is 2.02. The summed E-state index contributed by atoms with van der Waals surface area (Å²) in [5.74, 6) is 0.606. The van der Waals surface area contributed by atoms with Gasteiger partial charge in [0.1, 0.15) is 5.60 Å². The summed E-state index contributed by atoms with van der Waals surface area (Å²) in [5.41, 5.74) is 2.72. The maximum Gasteiger partial charge on any atom is 0.412 e. The standard InChI is InChI=1S/C15H22N2O2/c1-10-7-11(12-8-16-9-12)5-6-13(10)17-14(18)19-15(2,3)4/h5-7,12,16H,8-9H2,1-4H3,(H,17,18). The zero-order valence-corrected chi connectivity index (χ0v) is 12.0. The lowest BCUT2D eigenvalue weighted by Gasteiger charge is -2.28. The van der Waals surface area contributed by atoms with Crippen molar-refractivity contribution in [2.45, 2.75) is 39.2 Å². The van der Waals surface area contributed by atoms with E-state index in [4.69, 9.17) is 4.74 Å². The molecule has 1 saturated heterocycles. The molecular weight excluding hydrogens is 240 g/mol. The molecule has 19 heavy (non-hydrogen) atoms. The van der Waals surface area contributed by atoms with Gasteiger partial charge >= 0.3 is 6.09 Å². The molecule has 2 N–H and O–H groups in total. The summed E-state index contributed by atoms with van der Waals surface area (Å²) >= 11 is 0. The van der Waals surface area contributed by atoms with Crippen LogP contribution in [0.15, 0.2) is 18.2 Å². The Hall–Kier alpha value is -1.55. The largest absolute Gasteiger partial charge is 0.444 e. The highest BCUT2D eigenvalue weighted by Crippen LogP contribution is 2.25. The lowest BCUT2D eigenvalue weighted by Crippen LogP contribution is -2.39. The van der Waals surface area contributed by atoms with Gasteiger partial charge in [0, 0.05) is 24.7 Å². The van der Waals surface area contributed by atoms with Crippen LogP contribution in [-0.4, -0.2) is 24.8 Å². The third-order valence-corrected chi connectivity index (χ3v) is 3.14. The highest BCUT2D eigenvalue weighted by atomic mass is 16.6. The van der Waals surface area contributed by atoms with E-state index < -0.39 is 11.7 Å². The van der Waals surface area contributed by atoms with Gasteiger partial charge in [-0.25, -0.2) is 4.79 Å². The predicted octanol–water partition coefficient (Wildman–Crippen LogP) is 3.03. The molecule has 1 aliphatic heterocycles. The highest BCUT2D eigenvalue weighted by molar-refractivity contribution is 5.86. The molecule has 0 atom stereocenters. The lowest BCUT2D eigenvalue weighted by molar-refractivity contribution is 0.0636. The zero-order chi connectivity index (χ0) is 14.0. The van der Waals surface area contributed by atoms with Gasteiger partial charge in [0.15, 0.2) is 0 Å². The van der Waals surface area contributed by atoms with Crippen LogP contribution in [0.4, 0.5) is 10.5 Å². The minimum absolute atomic E-state index is 0.409. The molecule has 2 rings (SSSR count). The van der Waals surface area contributed by atoms with E-state index in [1.165, 1.54) is 5.56 Å². The van der Waals surface area contributed by atoms with Crippen molar-refractivity contribution in [1.82, 2.24) is 5.32 Å².